The molecule has 0 spiro atoms. The highest BCUT2D eigenvalue weighted by Crippen LogP contribution is 1.98. The maximum atomic E-state index is 2.20. The van der Waals surface area contributed by atoms with Crippen molar-refractivity contribution < 1.29 is 0 Å². The second kappa shape index (κ2) is 1.80. The van der Waals surface area contributed by atoms with Crippen molar-refractivity contribution >= 4 is 26.1 Å². The second-order valence-electron chi connectivity index (χ2n) is 1.59. The van der Waals surface area contributed by atoms with Crippen LogP contribution in [-0.2, 0) is 0 Å². The van der Waals surface area contributed by atoms with Gasteiger partial charge < -0.3 is 0 Å². The minimum Gasteiger partial charge on any atom is -0.154 e. The third kappa shape index (κ3) is 1.14. The SMILES string of the molecule is Cc1csc([SiH2])c1. The van der Waals surface area contributed by atoms with Crippen LogP contribution in [0.15, 0.2) is 11.4 Å². The summed E-state index contributed by atoms with van der Waals surface area (Å²) in [4.78, 5) is 0. The molecule has 2 heteroatoms. The van der Waals surface area contributed by atoms with E-state index in [4.69, 9.17) is 0 Å². The van der Waals surface area contributed by atoms with E-state index in [0.29, 0.717) is 0 Å². The largest absolute Gasteiger partial charge is 0.154 e. The molecule has 0 bridgehead atoms. The standard InChI is InChI=1S/C5H7SSi/c1-4-2-5(7)6-3-4/h2-3H,7H2,1H3. The predicted molar refractivity (Wildman–Crippen MR) is 37.2 cm³/mol. The Morgan fingerprint density at radius 1 is 1.71 bits per heavy atom. The molecule has 0 saturated heterocycles. The van der Waals surface area contributed by atoms with Gasteiger partial charge in [0.25, 0.3) is 0 Å². The summed E-state index contributed by atoms with van der Waals surface area (Å²) in [6, 6.07) is 2.20. The van der Waals surface area contributed by atoms with Crippen molar-refractivity contribution in [2.45, 2.75) is 6.92 Å². The van der Waals surface area contributed by atoms with Crippen molar-refractivity contribution in [1.82, 2.24) is 0 Å². The van der Waals surface area contributed by atoms with Crippen molar-refractivity contribution in [2.75, 3.05) is 0 Å². The molecular formula is C5H7SSi. The summed E-state index contributed by atoms with van der Waals surface area (Å²) in [5.41, 5.74) is 1.38. The Balaban J connectivity index is 3.04. The molecule has 0 aliphatic carbocycles. The van der Waals surface area contributed by atoms with Crippen LogP contribution in [-0.4, -0.2) is 10.2 Å². The quantitative estimate of drug-likeness (QED) is 0.440. The lowest BCUT2D eigenvalue weighted by Gasteiger charge is -1.70. The summed E-state index contributed by atoms with van der Waals surface area (Å²) in [7, 11) is 1.94. The molecule has 0 saturated carbocycles. The van der Waals surface area contributed by atoms with Gasteiger partial charge in [0.2, 0.25) is 0 Å². The van der Waals surface area contributed by atoms with Gasteiger partial charge >= 0.3 is 0 Å². The van der Waals surface area contributed by atoms with E-state index in [0.717, 1.165) is 0 Å². The topological polar surface area (TPSA) is 0 Å². The van der Waals surface area contributed by atoms with E-state index in [1.165, 1.54) is 10.1 Å². The number of aryl methyl sites for hydroxylation is 1. The first-order valence-electron chi connectivity index (χ1n) is 2.16. The van der Waals surface area contributed by atoms with E-state index >= 15 is 0 Å². The molecule has 0 aliphatic rings. The smallest absolute Gasteiger partial charge is 0.0613 e. The van der Waals surface area contributed by atoms with Crippen LogP contribution in [0.4, 0.5) is 0 Å². The fraction of sp³-hybridized carbons (Fsp3) is 0.200. The second-order valence-corrected chi connectivity index (χ2v) is 3.86. The number of hydrogen-bond acceptors (Lipinski definition) is 1. The van der Waals surface area contributed by atoms with Crippen molar-refractivity contribution in [3.05, 3.63) is 17.0 Å². The fourth-order valence-corrected chi connectivity index (χ4v) is 1.72. The van der Waals surface area contributed by atoms with Gasteiger partial charge in [0.1, 0.15) is 0 Å². The highest BCUT2D eigenvalue weighted by atomic mass is 32.1. The minimum atomic E-state index is 1.38. The van der Waals surface area contributed by atoms with Gasteiger partial charge in [-0.3, -0.25) is 0 Å². The van der Waals surface area contributed by atoms with Crippen LogP contribution in [0.5, 0.6) is 0 Å². The minimum absolute atomic E-state index is 1.38. The van der Waals surface area contributed by atoms with Crippen LogP contribution in [0.3, 0.4) is 0 Å². The van der Waals surface area contributed by atoms with Crippen LogP contribution in [0.1, 0.15) is 5.56 Å². The van der Waals surface area contributed by atoms with E-state index in [1.54, 1.807) is 0 Å². The summed E-state index contributed by atoms with van der Waals surface area (Å²) >= 11 is 1.82. The van der Waals surface area contributed by atoms with Gasteiger partial charge in [0.05, 0.1) is 10.2 Å². The molecule has 0 unspecified atom stereocenters. The molecule has 1 aromatic rings. The average molecular weight is 127 g/mol. The Kier molecular flexibility index (Phi) is 1.30. The van der Waals surface area contributed by atoms with Crippen molar-refractivity contribution in [3.8, 4) is 0 Å². The normalized spacial score (nSPS) is 9.43. The molecule has 1 aromatic heterocycles. The number of hydrogen-bond donors (Lipinski definition) is 0. The van der Waals surface area contributed by atoms with E-state index < -0.39 is 0 Å². The molecule has 0 N–H and O–H groups in total. The number of rotatable bonds is 0. The van der Waals surface area contributed by atoms with E-state index in [-0.39, 0.29) is 0 Å². The maximum Gasteiger partial charge on any atom is 0.0613 e. The first kappa shape index (κ1) is 5.06. The summed E-state index contributed by atoms with van der Waals surface area (Å²) in [5, 5.41) is 2.17. The zero-order chi connectivity index (χ0) is 5.28. The molecule has 0 amide bonds. The molecule has 0 aliphatic heterocycles. The van der Waals surface area contributed by atoms with Crippen LogP contribution in [0.25, 0.3) is 0 Å². The van der Waals surface area contributed by atoms with Gasteiger partial charge in [-0.2, -0.15) is 11.3 Å². The van der Waals surface area contributed by atoms with Crippen molar-refractivity contribution in [1.29, 1.82) is 0 Å². The maximum absolute atomic E-state index is 2.20. The van der Waals surface area contributed by atoms with E-state index in [2.05, 4.69) is 18.4 Å². The Labute approximate surface area is 50.6 Å². The molecule has 0 atom stereocenters. The third-order valence-corrected chi connectivity index (χ3v) is 2.40. The Morgan fingerprint density at radius 2 is 2.43 bits per heavy atom. The van der Waals surface area contributed by atoms with Gasteiger partial charge in [-0.25, -0.2) is 0 Å². The third-order valence-electron chi connectivity index (χ3n) is 0.785. The van der Waals surface area contributed by atoms with Gasteiger partial charge in [-0.1, -0.05) is 6.07 Å². The molecule has 1 rings (SSSR count). The summed E-state index contributed by atoms with van der Waals surface area (Å²) in [6.07, 6.45) is 0. The molecule has 7 heavy (non-hydrogen) atoms. The molecule has 37 valence electrons. The summed E-state index contributed by atoms with van der Waals surface area (Å²) < 4.78 is 1.43. The molecule has 1 heterocycles. The fourth-order valence-electron chi connectivity index (χ4n) is 0.491. The average Bonchev–Trinajstić information content (AvgIpc) is 1.87. The highest BCUT2D eigenvalue weighted by Gasteiger charge is 1.84. The first-order chi connectivity index (χ1) is 3.29. The first-order valence-corrected chi connectivity index (χ1v) is 3.75. The Bertz CT molecular complexity index is 140. The highest BCUT2D eigenvalue weighted by molar-refractivity contribution is 7.18. The molecule has 0 nitrogen and oxygen atoms in total. The van der Waals surface area contributed by atoms with Gasteiger partial charge in [-0.15, -0.1) is 0 Å². The van der Waals surface area contributed by atoms with Crippen molar-refractivity contribution in [2.24, 2.45) is 0 Å². The van der Waals surface area contributed by atoms with Gasteiger partial charge in [-0.05, 0) is 22.4 Å². The van der Waals surface area contributed by atoms with E-state index in [1.807, 2.05) is 21.6 Å². The molecule has 0 fully saturated rings. The summed E-state index contributed by atoms with van der Waals surface area (Å²) in [6.45, 7) is 2.12. The summed E-state index contributed by atoms with van der Waals surface area (Å²) in [5.74, 6) is 0. The zero-order valence-corrected chi connectivity index (χ0v) is 6.50. The van der Waals surface area contributed by atoms with Crippen LogP contribution in [0.2, 0.25) is 0 Å². The lowest BCUT2D eigenvalue weighted by Crippen LogP contribution is -1.89. The van der Waals surface area contributed by atoms with Gasteiger partial charge in [0.15, 0.2) is 0 Å². The number of thiophene rings is 1. The predicted octanol–water partition coefficient (Wildman–Crippen LogP) is 0.315. The van der Waals surface area contributed by atoms with Gasteiger partial charge in [0, 0.05) is 0 Å². The van der Waals surface area contributed by atoms with Crippen molar-refractivity contribution in [3.63, 3.8) is 0 Å². The Morgan fingerprint density at radius 3 is 2.57 bits per heavy atom. The van der Waals surface area contributed by atoms with Crippen LogP contribution in [0, 0.1) is 6.92 Å². The van der Waals surface area contributed by atoms with Crippen LogP contribution < -0.4 is 4.50 Å². The molecule has 0 aromatic carbocycles. The van der Waals surface area contributed by atoms with Crippen LogP contribution >= 0.6 is 11.3 Å². The zero-order valence-electron chi connectivity index (χ0n) is 4.27. The monoisotopic (exact) mass is 127 g/mol. The lowest BCUT2D eigenvalue weighted by atomic mass is 10.4. The molecule has 1 radical (unpaired) electrons. The Hall–Kier alpha value is -0.0831. The lowest BCUT2D eigenvalue weighted by molar-refractivity contribution is 1.57. The molecular weight excluding hydrogens is 120 g/mol. The van der Waals surface area contributed by atoms with E-state index in [9.17, 15) is 0 Å².